The summed E-state index contributed by atoms with van der Waals surface area (Å²) in [6, 6.07) is 0. The average molecular weight is 373 g/mol. The zero-order valence-corrected chi connectivity index (χ0v) is 15.9. The maximum Gasteiger partial charge on any atom is 0.244 e. The van der Waals surface area contributed by atoms with Crippen molar-refractivity contribution in [1.82, 2.24) is 5.32 Å². The summed E-state index contributed by atoms with van der Waals surface area (Å²) in [5.41, 5.74) is 0.707. The van der Waals surface area contributed by atoms with Gasteiger partial charge in [-0.1, -0.05) is 25.8 Å². The molecule has 6 nitrogen and oxygen atoms in total. The number of nitrogens with one attached hydrogen (secondary N) is 1. The summed E-state index contributed by atoms with van der Waals surface area (Å²) in [6.07, 6.45) is 1.39. The molecule has 26 heavy (non-hydrogen) atoms. The summed E-state index contributed by atoms with van der Waals surface area (Å²) in [5.74, 6) is -0.0288. The van der Waals surface area contributed by atoms with Crippen LogP contribution in [0.25, 0.3) is 0 Å². The predicted molar refractivity (Wildman–Crippen MR) is 95.3 cm³/mol. The summed E-state index contributed by atoms with van der Waals surface area (Å²) in [5, 5.41) is 23.3. The Morgan fingerprint density at radius 2 is 2.08 bits per heavy atom. The number of carbonyl (C=O) groups excluding carboxylic acids is 1. The molecule has 0 aromatic carbocycles. The largest absolute Gasteiger partial charge is 0.390 e. The van der Waals surface area contributed by atoms with Crippen LogP contribution in [0.3, 0.4) is 0 Å². The van der Waals surface area contributed by atoms with E-state index in [0.717, 1.165) is 6.42 Å². The van der Waals surface area contributed by atoms with Crippen molar-refractivity contribution in [2.45, 2.75) is 70.6 Å². The van der Waals surface area contributed by atoms with E-state index in [1.54, 1.807) is 6.92 Å². The van der Waals surface area contributed by atoms with Crippen LogP contribution in [0.4, 0.5) is 4.39 Å². The Labute approximate surface area is 154 Å². The SMILES string of the molecule is CCC(C)C1OC1C[C@H]1CO[C@@H](C/C(C)=C/C(=O)NCCF)C(O)C1O. The highest BCUT2D eigenvalue weighted by atomic mass is 19.1. The molecular formula is C19H32FNO5. The highest BCUT2D eigenvalue weighted by Crippen LogP contribution is 2.38. The maximum absolute atomic E-state index is 12.1. The highest BCUT2D eigenvalue weighted by molar-refractivity contribution is 5.88. The Balaban J connectivity index is 1.81. The minimum atomic E-state index is -1.01. The van der Waals surface area contributed by atoms with E-state index >= 15 is 0 Å². The summed E-state index contributed by atoms with van der Waals surface area (Å²) in [7, 11) is 0. The molecule has 7 heteroatoms. The lowest BCUT2D eigenvalue weighted by molar-refractivity contribution is -0.165. The van der Waals surface area contributed by atoms with Gasteiger partial charge in [0.1, 0.15) is 12.8 Å². The normalized spacial score (nSPS) is 35.8. The number of alkyl halides is 1. The highest BCUT2D eigenvalue weighted by Gasteiger charge is 2.47. The van der Waals surface area contributed by atoms with Gasteiger partial charge in [0.15, 0.2) is 0 Å². The van der Waals surface area contributed by atoms with Gasteiger partial charge in [0, 0.05) is 18.5 Å². The number of aliphatic hydroxyl groups excluding tert-OH is 2. The second kappa shape index (κ2) is 9.78. The van der Waals surface area contributed by atoms with E-state index in [-0.39, 0.29) is 30.6 Å². The monoisotopic (exact) mass is 373 g/mol. The van der Waals surface area contributed by atoms with E-state index in [9.17, 15) is 19.4 Å². The van der Waals surface area contributed by atoms with Crippen molar-refractivity contribution in [3.05, 3.63) is 11.6 Å². The molecule has 150 valence electrons. The van der Waals surface area contributed by atoms with Gasteiger partial charge in [-0.15, -0.1) is 0 Å². The Morgan fingerprint density at radius 3 is 2.73 bits per heavy atom. The number of amides is 1. The number of halogens is 1. The van der Waals surface area contributed by atoms with Gasteiger partial charge in [-0.3, -0.25) is 4.79 Å². The number of ether oxygens (including phenoxy) is 2. The number of hydrogen-bond donors (Lipinski definition) is 3. The fourth-order valence-electron chi connectivity index (χ4n) is 3.53. The Hall–Kier alpha value is -1.02. The predicted octanol–water partition coefficient (Wildman–Crippen LogP) is 1.35. The van der Waals surface area contributed by atoms with Crippen LogP contribution in [0.1, 0.15) is 40.0 Å². The topological polar surface area (TPSA) is 91.3 Å². The summed E-state index contributed by atoms with van der Waals surface area (Å²) < 4.78 is 23.5. The van der Waals surface area contributed by atoms with Gasteiger partial charge in [0.05, 0.1) is 31.0 Å². The van der Waals surface area contributed by atoms with Crippen LogP contribution < -0.4 is 5.32 Å². The molecule has 0 aromatic rings. The zero-order valence-electron chi connectivity index (χ0n) is 15.9. The van der Waals surface area contributed by atoms with E-state index in [2.05, 4.69) is 19.2 Å². The second-order valence-electron chi connectivity index (χ2n) is 7.55. The molecule has 0 aliphatic carbocycles. The van der Waals surface area contributed by atoms with E-state index < -0.39 is 25.0 Å². The average Bonchev–Trinajstić information content (AvgIpc) is 3.38. The van der Waals surface area contributed by atoms with Gasteiger partial charge in [-0.05, 0) is 25.7 Å². The molecule has 0 bridgehead atoms. The van der Waals surface area contributed by atoms with Crippen LogP contribution in [0.15, 0.2) is 11.6 Å². The molecule has 2 rings (SSSR count). The number of aliphatic hydroxyl groups is 2. The van der Waals surface area contributed by atoms with Crippen LogP contribution in [-0.4, -0.2) is 66.5 Å². The van der Waals surface area contributed by atoms with Gasteiger partial charge >= 0.3 is 0 Å². The molecule has 0 saturated carbocycles. The maximum atomic E-state index is 12.1. The minimum absolute atomic E-state index is 0.0214. The van der Waals surface area contributed by atoms with Crippen LogP contribution in [0, 0.1) is 11.8 Å². The lowest BCUT2D eigenvalue weighted by atomic mass is 9.85. The smallest absolute Gasteiger partial charge is 0.244 e. The molecule has 2 fully saturated rings. The molecule has 0 aromatic heterocycles. The molecule has 0 radical (unpaired) electrons. The van der Waals surface area contributed by atoms with E-state index in [4.69, 9.17) is 9.47 Å². The van der Waals surface area contributed by atoms with Crippen LogP contribution in [0.2, 0.25) is 0 Å². The van der Waals surface area contributed by atoms with Gasteiger partial charge < -0.3 is 25.0 Å². The van der Waals surface area contributed by atoms with Gasteiger partial charge in [-0.25, -0.2) is 4.39 Å². The molecular weight excluding hydrogens is 341 g/mol. The lowest BCUT2D eigenvalue weighted by Crippen LogP contribution is -2.50. The molecule has 2 saturated heterocycles. The molecule has 5 unspecified atom stereocenters. The van der Waals surface area contributed by atoms with E-state index in [1.165, 1.54) is 6.08 Å². The third kappa shape index (κ3) is 5.74. The van der Waals surface area contributed by atoms with Crippen molar-refractivity contribution in [3.63, 3.8) is 0 Å². The summed E-state index contributed by atoms with van der Waals surface area (Å²) in [4.78, 5) is 11.6. The van der Waals surface area contributed by atoms with E-state index in [1.807, 2.05) is 0 Å². The van der Waals surface area contributed by atoms with Crippen molar-refractivity contribution in [2.24, 2.45) is 11.8 Å². The third-order valence-corrected chi connectivity index (χ3v) is 5.39. The number of carbonyl (C=O) groups is 1. The molecule has 2 heterocycles. The number of epoxide rings is 1. The first-order valence-electron chi connectivity index (χ1n) is 9.51. The molecule has 7 atom stereocenters. The van der Waals surface area contributed by atoms with Crippen LogP contribution in [0.5, 0.6) is 0 Å². The van der Waals surface area contributed by atoms with Gasteiger partial charge in [0.25, 0.3) is 0 Å². The van der Waals surface area contributed by atoms with Crippen molar-refractivity contribution in [3.8, 4) is 0 Å². The Kier molecular flexibility index (Phi) is 8.01. The summed E-state index contributed by atoms with van der Waals surface area (Å²) in [6.45, 7) is 5.76. The zero-order chi connectivity index (χ0) is 19.3. The minimum Gasteiger partial charge on any atom is -0.390 e. The molecule has 0 spiro atoms. The molecule has 2 aliphatic rings. The molecule has 2 aliphatic heterocycles. The van der Waals surface area contributed by atoms with Crippen molar-refractivity contribution in [1.29, 1.82) is 0 Å². The fraction of sp³-hybridized carbons (Fsp3) is 0.842. The first kappa shape index (κ1) is 21.3. The number of rotatable bonds is 9. The van der Waals surface area contributed by atoms with Gasteiger partial charge in [0.2, 0.25) is 5.91 Å². The Bertz CT molecular complexity index is 500. The first-order valence-corrected chi connectivity index (χ1v) is 9.51. The fourth-order valence-corrected chi connectivity index (χ4v) is 3.53. The second-order valence-corrected chi connectivity index (χ2v) is 7.55. The summed E-state index contributed by atoms with van der Waals surface area (Å²) >= 11 is 0. The van der Waals surface area contributed by atoms with Crippen LogP contribution in [-0.2, 0) is 14.3 Å². The van der Waals surface area contributed by atoms with Crippen molar-refractivity contribution in [2.75, 3.05) is 19.8 Å². The van der Waals surface area contributed by atoms with Crippen LogP contribution >= 0.6 is 0 Å². The first-order chi connectivity index (χ1) is 12.4. The van der Waals surface area contributed by atoms with Crippen molar-refractivity contribution < 1.29 is 28.9 Å². The van der Waals surface area contributed by atoms with E-state index in [0.29, 0.717) is 30.9 Å². The number of hydrogen-bond acceptors (Lipinski definition) is 5. The standard InChI is InChI=1S/C19H32FNO5/c1-4-12(3)19-15(26-19)9-13-10-25-14(18(24)17(13)23)7-11(2)8-16(22)21-6-5-20/h8,12-15,17-19,23-24H,4-7,9-10H2,1-3H3,(H,21,22)/b11-8+/t12?,13-,14-,15?,17?,18?,19?/m0/s1. The van der Waals surface area contributed by atoms with Gasteiger partial charge in [-0.2, -0.15) is 0 Å². The van der Waals surface area contributed by atoms with Crippen molar-refractivity contribution >= 4 is 5.91 Å². The quantitative estimate of drug-likeness (QED) is 0.419. The third-order valence-electron chi connectivity index (χ3n) is 5.39. The molecule has 1 amide bonds. The Morgan fingerprint density at radius 1 is 1.35 bits per heavy atom. The lowest BCUT2D eigenvalue weighted by Gasteiger charge is -2.38. The molecule has 3 N–H and O–H groups in total.